The van der Waals surface area contributed by atoms with Crippen LogP contribution in [0, 0.1) is 11.6 Å². The van der Waals surface area contributed by atoms with Gasteiger partial charge in [-0.2, -0.15) is 13.2 Å². The fourth-order valence-electron chi connectivity index (χ4n) is 2.74. The average Bonchev–Trinajstić information content (AvgIpc) is 2.57. The van der Waals surface area contributed by atoms with Gasteiger partial charge in [0.1, 0.15) is 12.3 Å². The molecule has 1 aliphatic rings. The Morgan fingerprint density at radius 3 is 2.21 bits per heavy atom. The van der Waals surface area contributed by atoms with E-state index in [1.54, 1.807) is 30.3 Å². The predicted molar refractivity (Wildman–Crippen MR) is 89.8 cm³/mol. The number of nitrogens with zero attached hydrogens (tertiary/aromatic N) is 1. The Kier molecular flexibility index (Phi) is 6.77. The smallest absolute Gasteiger partial charge is 0.420 e. The van der Waals surface area contributed by atoms with E-state index < -0.39 is 48.3 Å². The molecule has 1 heterocycles. The Labute approximate surface area is 172 Å². The fourth-order valence-corrected chi connectivity index (χ4v) is 2.74. The molecule has 11 heteroatoms. The van der Waals surface area contributed by atoms with Gasteiger partial charge < -0.3 is 14.7 Å². The van der Waals surface area contributed by atoms with E-state index in [1.807, 2.05) is 0 Å². The quantitative estimate of drug-likeness (QED) is 0.541. The van der Waals surface area contributed by atoms with E-state index in [9.17, 15) is 31.9 Å². The number of nitrogens with one attached hydrogen (secondary N) is 1. The largest absolute Gasteiger partial charge is 0.444 e. The summed E-state index contributed by atoms with van der Waals surface area (Å²) in [4.78, 5) is 12.5. The van der Waals surface area contributed by atoms with Crippen LogP contribution in [0.15, 0.2) is 42.5 Å². The van der Waals surface area contributed by atoms with Crippen LogP contribution in [0.25, 0.3) is 0 Å². The van der Waals surface area contributed by atoms with Crippen LogP contribution in [0.2, 0.25) is 0 Å². The molecule has 5 nitrogen and oxygen atoms in total. The number of ether oxygens (including phenoxy) is 1. The number of halogens is 5. The molecule has 0 radical (unpaired) electrons. The fraction of sp³-hybridized carbons (Fsp3) is 0.278. The second kappa shape index (κ2) is 8.56. The van der Waals surface area contributed by atoms with E-state index in [4.69, 9.17) is 4.74 Å². The van der Waals surface area contributed by atoms with Crippen LogP contribution >= 0.6 is 0 Å². The minimum Gasteiger partial charge on any atom is -0.444 e. The molecule has 1 amide bonds. The maximum Gasteiger partial charge on any atom is 0.420 e. The number of anilines is 2. The molecule has 0 bridgehead atoms. The Bertz CT molecular complexity index is 851. The van der Waals surface area contributed by atoms with Crippen molar-refractivity contribution in [1.82, 2.24) is 0 Å². The van der Waals surface area contributed by atoms with E-state index in [-0.39, 0.29) is 29.4 Å². The zero-order chi connectivity index (χ0) is 20.5. The van der Waals surface area contributed by atoms with Crippen LogP contribution in [0.3, 0.4) is 0 Å². The number of alkyl halides is 3. The monoisotopic (exact) mass is 458 g/mol. The number of rotatable bonds is 4. The normalized spacial score (nSPS) is 15.2. The number of benzene rings is 2. The standard InChI is InChI=1S/C18H15F5N2O3.Fe/c19-13-6-12(24-16(26)28-8-11-4-2-1-3-5-11)7-14(20)15(13)25-9-17(27,10-25)18(21,22)23;/h1-7,27H,8-10H2,(H,24,26);. The van der Waals surface area contributed by atoms with Crippen molar-refractivity contribution in [3.63, 3.8) is 0 Å². The molecular weight excluding hydrogens is 443 g/mol. The Morgan fingerprint density at radius 2 is 1.69 bits per heavy atom. The van der Waals surface area contributed by atoms with Crippen molar-refractivity contribution >= 4 is 17.5 Å². The first-order valence-corrected chi connectivity index (χ1v) is 8.10. The van der Waals surface area contributed by atoms with Crippen molar-refractivity contribution in [2.24, 2.45) is 0 Å². The van der Waals surface area contributed by atoms with Crippen molar-refractivity contribution in [3.8, 4) is 0 Å². The van der Waals surface area contributed by atoms with Crippen molar-refractivity contribution in [1.29, 1.82) is 0 Å². The molecule has 1 fully saturated rings. The summed E-state index contributed by atoms with van der Waals surface area (Å²) in [5, 5.41) is 11.5. The minimum atomic E-state index is -4.90. The molecule has 0 spiro atoms. The van der Waals surface area contributed by atoms with Gasteiger partial charge in [0, 0.05) is 22.8 Å². The van der Waals surface area contributed by atoms with Gasteiger partial charge in [-0.25, -0.2) is 13.6 Å². The van der Waals surface area contributed by atoms with Crippen LogP contribution in [-0.4, -0.2) is 36.1 Å². The number of hydrogen-bond acceptors (Lipinski definition) is 4. The van der Waals surface area contributed by atoms with Crippen LogP contribution < -0.4 is 10.2 Å². The molecule has 2 N–H and O–H groups in total. The van der Waals surface area contributed by atoms with Crippen molar-refractivity contribution < 1.29 is 53.7 Å². The van der Waals surface area contributed by atoms with Crippen LogP contribution in [0.4, 0.5) is 38.1 Å². The van der Waals surface area contributed by atoms with Gasteiger partial charge in [-0.3, -0.25) is 5.32 Å². The molecule has 0 unspecified atom stereocenters. The summed E-state index contributed by atoms with van der Waals surface area (Å²) in [6.07, 6.45) is -5.86. The zero-order valence-corrected chi connectivity index (χ0v) is 15.7. The number of amides is 1. The van der Waals surface area contributed by atoms with Gasteiger partial charge >= 0.3 is 12.3 Å². The SMILES string of the molecule is O=C(Nc1cc(F)c(N2CC(O)(C(F)(F)F)C2)c(F)c1)OCc1ccccc1.[Fe]. The van der Waals surface area contributed by atoms with E-state index in [2.05, 4.69) is 5.32 Å². The molecule has 0 aliphatic carbocycles. The molecule has 158 valence electrons. The first kappa shape index (κ1) is 22.9. The Morgan fingerprint density at radius 1 is 1.14 bits per heavy atom. The molecule has 3 rings (SSSR count). The maximum atomic E-state index is 14.2. The van der Waals surface area contributed by atoms with Crippen molar-refractivity contribution in [2.75, 3.05) is 23.3 Å². The first-order valence-electron chi connectivity index (χ1n) is 8.10. The Hall–Kier alpha value is -2.36. The van der Waals surface area contributed by atoms with Gasteiger partial charge in [-0.05, 0) is 17.7 Å². The molecule has 1 aliphatic heterocycles. The van der Waals surface area contributed by atoms with Crippen LogP contribution in [0.1, 0.15) is 5.56 Å². The second-order valence-corrected chi connectivity index (χ2v) is 6.36. The number of aliphatic hydroxyl groups is 1. The third-order valence-corrected chi connectivity index (χ3v) is 4.22. The number of carbonyl (C=O) groups is 1. The maximum absolute atomic E-state index is 14.2. The summed E-state index contributed by atoms with van der Waals surface area (Å²) >= 11 is 0. The van der Waals surface area contributed by atoms with Gasteiger partial charge in [0.05, 0.1) is 13.1 Å². The third kappa shape index (κ3) is 4.98. The summed E-state index contributed by atoms with van der Waals surface area (Å²) in [5.41, 5.74) is -3.27. The molecule has 1 saturated heterocycles. The molecule has 0 atom stereocenters. The number of β-amino-alcohol motifs (C(OH)–C–C–N with tert-alkyl or cyclic N) is 1. The third-order valence-electron chi connectivity index (χ3n) is 4.22. The summed E-state index contributed by atoms with van der Waals surface area (Å²) < 4.78 is 71.3. The average molecular weight is 458 g/mol. The minimum absolute atomic E-state index is 0. The van der Waals surface area contributed by atoms with Crippen LogP contribution in [-0.2, 0) is 28.4 Å². The molecule has 0 saturated carbocycles. The summed E-state index contributed by atoms with van der Waals surface area (Å²) in [5.74, 6) is -2.36. The van der Waals surface area contributed by atoms with E-state index in [1.165, 1.54) is 0 Å². The van der Waals surface area contributed by atoms with Crippen LogP contribution in [0.5, 0.6) is 0 Å². The van der Waals surface area contributed by atoms with Gasteiger partial charge in [0.15, 0.2) is 17.2 Å². The predicted octanol–water partition coefficient (Wildman–Crippen LogP) is 3.82. The Balaban J connectivity index is 0.00000300. The molecular formula is C18H15F5FeN2O3. The number of hydrogen-bond donors (Lipinski definition) is 2. The van der Waals surface area contributed by atoms with Gasteiger partial charge in [-0.1, -0.05) is 30.3 Å². The zero-order valence-electron chi connectivity index (χ0n) is 14.6. The van der Waals surface area contributed by atoms with Gasteiger partial charge in [0.25, 0.3) is 0 Å². The first-order chi connectivity index (χ1) is 13.1. The number of carbonyl (C=O) groups excluding carboxylic acids is 1. The van der Waals surface area contributed by atoms with Gasteiger partial charge in [-0.15, -0.1) is 0 Å². The van der Waals surface area contributed by atoms with E-state index in [0.717, 1.165) is 17.0 Å². The molecule has 2 aromatic rings. The molecule has 2 aromatic carbocycles. The summed E-state index contributed by atoms with van der Waals surface area (Å²) in [7, 11) is 0. The van der Waals surface area contributed by atoms with E-state index in [0.29, 0.717) is 5.56 Å². The summed E-state index contributed by atoms with van der Waals surface area (Å²) in [6, 6.07) is 10.2. The summed E-state index contributed by atoms with van der Waals surface area (Å²) in [6.45, 7) is -2.04. The molecule has 29 heavy (non-hydrogen) atoms. The topological polar surface area (TPSA) is 61.8 Å². The molecule has 0 aromatic heterocycles. The van der Waals surface area contributed by atoms with E-state index >= 15 is 0 Å². The second-order valence-electron chi connectivity index (χ2n) is 6.36. The van der Waals surface area contributed by atoms with Gasteiger partial charge in [0.2, 0.25) is 0 Å². The van der Waals surface area contributed by atoms with Crippen molar-refractivity contribution in [3.05, 3.63) is 59.7 Å². The van der Waals surface area contributed by atoms with Crippen molar-refractivity contribution in [2.45, 2.75) is 18.4 Å².